The summed E-state index contributed by atoms with van der Waals surface area (Å²) in [6.45, 7) is 8.73. The Morgan fingerprint density at radius 2 is 1.63 bits per heavy atom. The lowest BCUT2D eigenvalue weighted by atomic mass is 9.42. The molecule has 41 heavy (non-hydrogen) atoms. The van der Waals surface area contributed by atoms with Crippen LogP contribution >= 0.6 is 0 Å². The van der Waals surface area contributed by atoms with Crippen molar-refractivity contribution in [1.82, 2.24) is 0 Å². The van der Waals surface area contributed by atoms with E-state index in [9.17, 15) is 31.8 Å². The van der Waals surface area contributed by atoms with Gasteiger partial charge in [0, 0.05) is 0 Å². The molecule has 0 radical (unpaired) electrons. The lowest BCUT2D eigenvalue weighted by Gasteiger charge is -2.63. The molecule has 4 aliphatic carbocycles. The average molecular weight is 597 g/mol. The molecule has 0 spiro atoms. The predicted molar refractivity (Wildman–Crippen MR) is 154 cm³/mol. The second kappa shape index (κ2) is 10.1. The molecular weight excluding hydrogens is 549 g/mol. The number of sulfone groups is 1. The minimum atomic E-state index is -5.11. The SMILES string of the molecule is C[C@H](C([C@](C)(O)C(F)(F)F)S(=O)(=O)c1ccccc1)[C@H]1CCC[C@H]2[C@@H]3CC=C4C[C@@](C)(O)CC[C@]4(C)[C@H]3CC[C@]12C. The number of aliphatic hydroxyl groups is 2. The molecule has 230 valence electrons. The van der Waals surface area contributed by atoms with Crippen molar-refractivity contribution in [2.24, 2.45) is 40.4 Å². The van der Waals surface area contributed by atoms with E-state index in [0.717, 1.165) is 44.9 Å². The summed E-state index contributed by atoms with van der Waals surface area (Å²) in [5.41, 5.74) is -3.04. The van der Waals surface area contributed by atoms with Crippen molar-refractivity contribution in [1.29, 1.82) is 0 Å². The standard InChI is InChI=1S/C33H47F3O4S/c1-21(28(32(5,38)33(34,35)36)41(39,40)23-10-7-6-8-11-23)25-12-9-13-26-24-15-14-22-20-29(2,37)18-19-30(22,3)27(24)16-17-31(25,26)4/h6-8,10-11,14,21,24-28,37-38H,9,12-13,15-20H2,1-5H3/t21-,24-,25+,26-,27-,28?,29-,30-,31+,32-/m0/s1. The van der Waals surface area contributed by atoms with Crippen molar-refractivity contribution < 1.29 is 31.8 Å². The van der Waals surface area contributed by atoms with E-state index in [1.54, 1.807) is 13.0 Å². The Kier molecular flexibility index (Phi) is 7.64. The van der Waals surface area contributed by atoms with Gasteiger partial charge in [0.1, 0.15) is 5.25 Å². The Morgan fingerprint density at radius 3 is 2.27 bits per heavy atom. The average Bonchev–Trinajstić information content (AvgIpc) is 2.87. The zero-order chi connectivity index (χ0) is 30.2. The van der Waals surface area contributed by atoms with Gasteiger partial charge in [0.25, 0.3) is 0 Å². The Morgan fingerprint density at radius 1 is 0.976 bits per heavy atom. The number of benzene rings is 1. The summed E-state index contributed by atoms with van der Waals surface area (Å²) in [6.07, 6.45) is 4.78. The van der Waals surface area contributed by atoms with Crippen molar-refractivity contribution in [2.45, 2.75) is 120 Å². The summed E-state index contributed by atoms with van der Waals surface area (Å²) in [5, 5.41) is 19.8. The van der Waals surface area contributed by atoms with Crippen LogP contribution in [0.3, 0.4) is 0 Å². The van der Waals surface area contributed by atoms with Crippen LogP contribution in [0.4, 0.5) is 13.2 Å². The highest BCUT2D eigenvalue weighted by Gasteiger charge is 2.65. The summed E-state index contributed by atoms with van der Waals surface area (Å²) in [4.78, 5) is -0.186. The fourth-order valence-corrected chi connectivity index (χ4v) is 12.5. The number of fused-ring (bicyclic) bond motifs is 5. The maximum atomic E-state index is 14.4. The molecule has 4 aliphatic rings. The molecule has 0 heterocycles. The first-order valence-corrected chi connectivity index (χ1v) is 16.9. The summed E-state index contributed by atoms with van der Waals surface area (Å²) in [6, 6.07) is 7.29. The van der Waals surface area contributed by atoms with E-state index < -0.39 is 38.4 Å². The number of hydrogen-bond donors (Lipinski definition) is 2. The molecule has 0 bridgehead atoms. The van der Waals surface area contributed by atoms with Crippen LogP contribution in [0.25, 0.3) is 0 Å². The van der Waals surface area contributed by atoms with E-state index >= 15 is 0 Å². The summed E-state index contributed by atoms with van der Waals surface area (Å²) in [5.74, 6) is -0.0721. The van der Waals surface area contributed by atoms with E-state index in [1.807, 2.05) is 6.92 Å². The first-order valence-electron chi connectivity index (χ1n) is 15.4. The molecule has 0 saturated heterocycles. The first kappa shape index (κ1) is 31.1. The van der Waals surface area contributed by atoms with Gasteiger partial charge >= 0.3 is 6.18 Å². The topological polar surface area (TPSA) is 74.6 Å². The van der Waals surface area contributed by atoms with Crippen LogP contribution in [-0.4, -0.2) is 41.3 Å². The van der Waals surface area contributed by atoms with Crippen LogP contribution in [0.15, 0.2) is 46.9 Å². The molecule has 4 nitrogen and oxygen atoms in total. The minimum Gasteiger partial charge on any atom is -0.390 e. The van der Waals surface area contributed by atoms with Crippen molar-refractivity contribution in [3.63, 3.8) is 0 Å². The zero-order valence-electron chi connectivity index (χ0n) is 25.0. The number of hydrogen-bond acceptors (Lipinski definition) is 4. The summed E-state index contributed by atoms with van der Waals surface area (Å²) >= 11 is 0. The van der Waals surface area contributed by atoms with Crippen LogP contribution in [-0.2, 0) is 9.84 Å². The second-order valence-corrected chi connectivity index (χ2v) is 16.9. The second-order valence-electron chi connectivity index (χ2n) is 14.8. The highest BCUT2D eigenvalue weighted by atomic mass is 32.2. The van der Waals surface area contributed by atoms with Gasteiger partial charge in [-0.25, -0.2) is 8.42 Å². The molecule has 1 aromatic rings. The largest absolute Gasteiger partial charge is 0.418 e. The van der Waals surface area contributed by atoms with Gasteiger partial charge in [-0.15, -0.1) is 0 Å². The predicted octanol–water partition coefficient (Wildman–Crippen LogP) is 7.50. The van der Waals surface area contributed by atoms with Crippen molar-refractivity contribution >= 4 is 9.84 Å². The minimum absolute atomic E-state index is 0.0180. The lowest BCUT2D eigenvalue weighted by molar-refractivity contribution is -0.259. The Balaban J connectivity index is 1.52. The smallest absolute Gasteiger partial charge is 0.390 e. The molecule has 1 unspecified atom stereocenters. The summed E-state index contributed by atoms with van der Waals surface area (Å²) in [7, 11) is -4.52. The van der Waals surface area contributed by atoms with E-state index in [-0.39, 0.29) is 27.6 Å². The van der Waals surface area contributed by atoms with Crippen molar-refractivity contribution in [2.75, 3.05) is 0 Å². The normalized spacial score (nSPS) is 40.7. The quantitative estimate of drug-likeness (QED) is 0.345. The third-order valence-electron chi connectivity index (χ3n) is 12.3. The van der Waals surface area contributed by atoms with Gasteiger partial charge in [-0.3, -0.25) is 0 Å². The highest BCUT2D eigenvalue weighted by Crippen LogP contribution is 2.67. The van der Waals surface area contributed by atoms with Crippen LogP contribution in [0, 0.1) is 40.4 Å². The number of rotatable bonds is 5. The molecule has 0 aromatic heterocycles. The van der Waals surface area contributed by atoms with E-state index in [0.29, 0.717) is 31.6 Å². The van der Waals surface area contributed by atoms with E-state index in [1.165, 1.54) is 29.8 Å². The lowest BCUT2D eigenvalue weighted by Crippen LogP contribution is -2.61. The van der Waals surface area contributed by atoms with Gasteiger partial charge in [0.15, 0.2) is 15.4 Å². The maximum Gasteiger partial charge on any atom is 0.418 e. The maximum absolute atomic E-state index is 14.4. The third kappa shape index (κ3) is 4.92. The molecule has 1 aromatic carbocycles. The number of allylic oxidation sites excluding steroid dienone is 1. The van der Waals surface area contributed by atoms with Gasteiger partial charge < -0.3 is 10.2 Å². The number of alkyl halides is 3. The molecule has 0 aliphatic heterocycles. The first-order chi connectivity index (χ1) is 18.9. The molecule has 10 atom stereocenters. The fourth-order valence-electron chi connectivity index (χ4n) is 10.1. The van der Waals surface area contributed by atoms with Gasteiger partial charge in [-0.2, -0.15) is 13.2 Å². The van der Waals surface area contributed by atoms with Crippen LogP contribution in [0.2, 0.25) is 0 Å². The van der Waals surface area contributed by atoms with Gasteiger partial charge in [-0.05, 0) is 118 Å². The molecular formula is C33H47F3O4S. The van der Waals surface area contributed by atoms with Crippen LogP contribution in [0.5, 0.6) is 0 Å². The van der Waals surface area contributed by atoms with Gasteiger partial charge in [0.05, 0.1) is 10.5 Å². The van der Waals surface area contributed by atoms with Crippen LogP contribution in [0.1, 0.15) is 92.4 Å². The number of halogens is 3. The van der Waals surface area contributed by atoms with E-state index in [4.69, 9.17) is 0 Å². The van der Waals surface area contributed by atoms with Gasteiger partial charge in [0.2, 0.25) is 0 Å². The van der Waals surface area contributed by atoms with Crippen molar-refractivity contribution in [3.05, 3.63) is 42.0 Å². The van der Waals surface area contributed by atoms with Gasteiger partial charge in [-0.1, -0.05) is 57.0 Å². The summed E-state index contributed by atoms with van der Waals surface area (Å²) < 4.78 is 71.2. The third-order valence-corrected chi connectivity index (χ3v) is 14.8. The Bertz CT molecular complexity index is 1270. The van der Waals surface area contributed by atoms with Crippen molar-refractivity contribution in [3.8, 4) is 0 Å². The zero-order valence-corrected chi connectivity index (χ0v) is 25.9. The van der Waals surface area contributed by atoms with Crippen LogP contribution < -0.4 is 0 Å². The monoisotopic (exact) mass is 596 g/mol. The highest BCUT2D eigenvalue weighted by molar-refractivity contribution is 7.92. The molecule has 5 rings (SSSR count). The Hall–Kier alpha value is -1.38. The molecule has 2 N–H and O–H groups in total. The molecule has 3 fully saturated rings. The molecule has 0 amide bonds. The molecule has 3 saturated carbocycles. The molecule has 8 heteroatoms. The van der Waals surface area contributed by atoms with E-state index in [2.05, 4.69) is 19.9 Å². The fraction of sp³-hybridized carbons (Fsp3) is 0.758. The Labute approximate surface area is 243 Å².